The lowest BCUT2D eigenvalue weighted by atomic mass is 9.90. The van der Waals surface area contributed by atoms with Crippen LogP contribution in [0.15, 0.2) is 22.7 Å². The number of benzene rings is 1. The molecule has 1 aliphatic heterocycles. The molecule has 0 radical (unpaired) electrons. The third kappa shape index (κ3) is 3.05. The molecule has 16 heavy (non-hydrogen) atoms. The van der Waals surface area contributed by atoms with Crippen LogP contribution in [0.1, 0.15) is 25.3 Å². The minimum absolute atomic E-state index is 0.0816. The summed E-state index contributed by atoms with van der Waals surface area (Å²) in [4.78, 5) is 0. The molecule has 1 fully saturated rings. The van der Waals surface area contributed by atoms with E-state index in [2.05, 4.69) is 28.2 Å². The van der Waals surface area contributed by atoms with E-state index in [1.807, 2.05) is 6.07 Å². The van der Waals surface area contributed by atoms with Gasteiger partial charge in [-0.2, -0.15) is 0 Å². The highest BCUT2D eigenvalue weighted by Crippen LogP contribution is 2.22. The molecule has 0 bridgehead atoms. The van der Waals surface area contributed by atoms with E-state index in [1.54, 1.807) is 6.07 Å². The molecule has 0 spiro atoms. The van der Waals surface area contributed by atoms with Crippen molar-refractivity contribution in [2.75, 3.05) is 6.54 Å². The highest BCUT2D eigenvalue weighted by atomic mass is 79.9. The monoisotopic (exact) mass is 285 g/mol. The highest BCUT2D eigenvalue weighted by molar-refractivity contribution is 9.10. The lowest BCUT2D eigenvalue weighted by Crippen LogP contribution is -2.37. The van der Waals surface area contributed by atoms with E-state index in [4.69, 9.17) is 0 Å². The van der Waals surface area contributed by atoms with Gasteiger partial charge >= 0.3 is 0 Å². The predicted molar refractivity (Wildman–Crippen MR) is 68.0 cm³/mol. The van der Waals surface area contributed by atoms with E-state index < -0.39 is 0 Å². The summed E-state index contributed by atoms with van der Waals surface area (Å²) in [6.07, 6.45) is 3.23. The Morgan fingerprint density at radius 1 is 1.44 bits per heavy atom. The fraction of sp³-hybridized carbons (Fsp3) is 0.538. The summed E-state index contributed by atoms with van der Waals surface area (Å²) in [6, 6.07) is 5.80. The van der Waals surface area contributed by atoms with Crippen molar-refractivity contribution in [3.05, 3.63) is 34.1 Å². The fourth-order valence-electron chi connectivity index (χ4n) is 2.24. The normalized spacial score (nSPS) is 25.7. The Hall–Kier alpha value is -0.410. The summed E-state index contributed by atoms with van der Waals surface area (Å²) >= 11 is 3.39. The zero-order valence-corrected chi connectivity index (χ0v) is 11.1. The smallest absolute Gasteiger partial charge is 0.126 e. The summed E-state index contributed by atoms with van der Waals surface area (Å²) < 4.78 is 14.5. The third-order valence-corrected chi connectivity index (χ3v) is 3.77. The molecule has 1 N–H and O–H groups in total. The Balaban J connectivity index is 2.00. The first-order chi connectivity index (χ1) is 7.65. The maximum Gasteiger partial charge on any atom is 0.126 e. The van der Waals surface area contributed by atoms with Gasteiger partial charge in [-0.15, -0.1) is 0 Å². The Bertz CT molecular complexity index is 359. The molecule has 1 heterocycles. The number of rotatable bonds is 2. The van der Waals surface area contributed by atoms with Crippen molar-refractivity contribution in [2.45, 2.75) is 32.2 Å². The van der Waals surface area contributed by atoms with Crippen molar-refractivity contribution in [2.24, 2.45) is 5.92 Å². The summed E-state index contributed by atoms with van der Waals surface area (Å²) in [5, 5.41) is 3.45. The number of halogens is 2. The molecular formula is C13H17BrFN. The van der Waals surface area contributed by atoms with Crippen LogP contribution in [0.2, 0.25) is 0 Å². The van der Waals surface area contributed by atoms with Crippen molar-refractivity contribution in [3.63, 3.8) is 0 Å². The van der Waals surface area contributed by atoms with Gasteiger partial charge in [0, 0.05) is 10.5 Å². The van der Waals surface area contributed by atoms with Crippen molar-refractivity contribution < 1.29 is 4.39 Å². The molecule has 0 aromatic heterocycles. The molecule has 2 unspecified atom stereocenters. The van der Waals surface area contributed by atoms with Crippen molar-refractivity contribution >= 4 is 15.9 Å². The first kappa shape index (κ1) is 12.1. The lowest BCUT2D eigenvalue weighted by Gasteiger charge is -2.27. The van der Waals surface area contributed by atoms with Gasteiger partial charge in [-0.3, -0.25) is 0 Å². The number of hydrogen-bond acceptors (Lipinski definition) is 1. The molecule has 2 rings (SSSR count). The second-order valence-electron chi connectivity index (χ2n) is 4.69. The van der Waals surface area contributed by atoms with Crippen molar-refractivity contribution in [3.8, 4) is 0 Å². The van der Waals surface area contributed by atoms with Gasteiger partial charge in [0.05, 0.1) is 0 Å². The molecule has 0 amide bonds. The largest absolute Gasteiger partial charge is 0.314 e. The van der Waals surface area contributed by atoms with E-state index in [0.717, 1.165) is 23.0 Å². The lowest BCUT2D eigenvalue weighted by molar-refractivity contribution is 0.320. The van der Waals surface area contributed by atoms with E-state index in [0.29, 0.717) is 12.0 Å². The zero-order valence-electron chi connectivity index (χ0n) is 9.47. The van der Waals surface area contributed by atoms with Crippen LogP contribution in [0.5, 0.6) is 0 Å². The summed E-state index contributed by atoms with van der Waals surface area (Å²) in [5.74, 6) is 0.488. The minimum Gasteiger partial charge on any atom is -0.314 e. The Kier molecular flexibility index (Phi) is 3.98. The summed E-state index contributed by atoms with van der Waals surface area (Å²) in [7, 11) is 0. The van der Waals surface area contributed by atoms with Crippen molar-refractivity contribution in [1.82, 2.24) is 5.32 Å². The van der Waals surface area contributed by atoms with Crippen LogP contribution < -0.4 is 5.32 Å². The molecule has 1 saturated heterocycles. The van der Waals surface area contributed by atoms with Gasteiger partial charge in [0.1, 0.15) is 5.82 Å². The number of hydrogen-bond donors (Lipinski definition) is 1. The predicted octanol–water partition coefficient (Wildman–Crippen LogP) is 3.52. The molecule has 88 valence electrons. The van der Waals surface area contributed by atoms with Crippen LogP contribution in [0.3, 0.4) is 0 Å². The quantitative estimate of drug-likeness (QED) is 0.877. The van der Waals surface area contributed by atoms with Crippen LogP contribution >= 0.6 is 15.9 Å². The number of nitrogens with one attached hydrogen (secondary N) is 1. The van der Waals surface area contributed by atoms with Crippen LogP contribution in [-0.2, 0) is 6.42 Å². The first-order valence-corrected chi connectivity index (χ1v) is 6.62. The average molecular weight is 286 g/mol. The Labute approximate surface area is 105 Å². The topological polar surface area (TPSA) is 12.0 Å². The standard InChI is InChI=1S/C13H17BrFN/c1-9-2-3-10(8-16-9)6-11-7-12(14)4-5-13(11)15/h4-5,7,9-10,16H,2-3,6,8H2,1H3. The molecule has 2 atom stereocenters. The van der Waals surface area contributed by atoms with Gasteiger partial charge in [-0.05, 0) is 62.4 Å². The molecule has 1 aromatic carbocycles. The minimum atomic E-state index is -0.0816. The second kappa shape index (κ2) is 5.28. The maximum absolute atomic E-state index is 13.6. The highest BCUT2D eigenvalue weighted by Gasteiger charge is 2.19. The molecule has 0 aliphatic carbocycles. The van der Waals surface area contributed by atoms with Gasteiger partial charge in [0.2, 0.25) is 0 Å². The van der Waals surface area contributed by atoms with Gasteiger partial charge < -0.3 is 5.32 Å². The summed E-state index contributed by atoms with van der Waals surface area (Å²) in [5.41, 5.74) is 0.829. The maximum atomic E-state index is 13.6. The zero-order chi connectivity index (χ0) is 11.5. The van der Waals surface area contributed by atoms with Crippen LogP contribution in [0.25, 0.3) is 0 Å². The van der Waals surface area contributed by atoms with Gasteiger partial charge in [-0.25, -0.2) is 4.39 Å². The fourth-order valence-corrected chi connectivity index (χ4v) is 2.65. The Morgan fingerprint density at radius 3 is 2.94 bits per heavy atom. The Morgan fingerprint density at radius 2 is 2.25 bits per heavy atom. The molecule has 1 nitrogen and oxygen atoms in total. The van der Waals surface area contributed by atoms with Crippen LogP contribution in [0, 0.1) is 11.7 Å². The molecular weight excluding hydrogens is 269 g/mol. The van der Waals surface area contributed by atoms with E-state index in [-0.39, 0.29) is 5.82 Å². The van der Waals surface area contributed by atoms with E-state index in [1.165, 1.54) is 18.9 Å². The molecule has 3 heteroatoms. The van der Waals surface area contributed by atoms with E-state index >= 15 is 0 Å². The van der Waals surface area contributed by atoms with Crippen molar-refractivity contribution in [1.29, 1.82) is 0 Å². The van der Waals surface area contributed by atoms with Gasteiger partial charge in [0.15, 0.2) is 0 Å². The van der Waals surface area contributed by atoms with Gasteiger partial charge in [-0.1, -0.05) is 15.9 Å². The molecule has 1 aliphatic rings. The third-order valence-electron chi connectivity index (χ3n) is 3.28. The number of piperidine rings is 1. The SMILES string of the molecule is CC1CCC(Cc2cc(Br)ccc2F)CN1. The first-order valence-electron chi connectivity index (χ1n) is 5.82. The van der Waals surface area contributed by atoms with Crippen LogP contribution in [-0.4, -0.2) is 12.6 Å². The molecule has 0 saturated carbocycles. The van der Waals surface area contributed by atoms with E-state index in [9.17, 15) is 4.39 Å². The van der Waals surface area contributed by atoms with Crippen LogP contribution in [0.4, 0.5) is 4.39 Å². The summed E-state index contributed by atoms with van der Waals surface area (Å²) in [6.45, 7) is 3.21. The van der Waals surface area contributed by atoms with Gasteiger partial charge in [0.25, 0.3) is 0 Å². The second-order valence-corrected chi connectivity index (χ2v) is 5.61. The molecule has 1 aromatic rings. The average Bonchev–Trinajstić information content (AvgIpc) is 2.27.